The first-order chi connectivity index (χ1) is 13.5. The molecule has 0 unspecified atom stereocenters. The number of anilines is 1. The second-order valence-corrected chi connectivity index (χ2v) is 6.26. The van der Waals surface area contributed by atoms with Crippen LogP contribution in [0.25, 0.3) is 11.1 Å². The number of benzene rings is 2. The molecule has 0 fully saturated rings. The molecule has 2 aromatic carbocycles. The number of rotatable bonds is 8. The van der Waals surface area contributed by atoms with Crippen LogP contribution in [0, 0.1) is 0 Å². The third-order valence-electron chi connectivity index (χ3n) is 4.13. The normalized spacial score (nSPS) is 11.6. The third-order valence-corrected chi connectivity index (χ3v) is 4.13. The number of carbonyl (C=O) groups is 2. The minimum atomic E-state index is -0.818. The summed E-state index contributed by atoms with van der Waals surface area (Å²) in [6, 6.07) is 15.7. The van der Waals surface area contributed by atoms with Gasteiger partial charge in [0.1, 0.15) is 11.5 Å². The van der Waals surface area contributed by atoms with Crippen LogP contribution in [0.2, 0.25) is 0 Å². The highest BCUT2D eigenvalue weighted by Gasteiger charge is 2.12. The summed E-state index contributed by atoms with van der Waals surface area (Å²) >= 11 is 0. The highest BCUT2D eigenvalue weighted by Crippen LogP contribution is 2.26. The number of hydrogen-bond acceptors (Lipinski definition) is 5. The van der Waals surface area contributed by atoms with Crippen molar-refractivity contribution in [2.75, 3.05) is 5.32 Å². The van der Waals surface area contributed by atoms with Gasteiger partial charge in [0.05, 0.1) is 18.6 Å². The Morgan fingerprint density at radius 3 is 2.18 bits per heavy atom. The number of primary amides is 1. The molecule has 0 saturated carbocycles. The van der Waals surface area contributed by atoms with Gasteiger partial charge in [-0.15, -0.1) is 0 Å². The van der Waals surface area contributed by atoms with Gasteiger partial charge in [0.15, 0.2) is 0 Å². The fraction of sp³-hybridized carbons (Fsp3) is 0.143. The zero-order valence-corrected chi connectivity index (χ0v) is 15.1. The van der Waals surface area contributed by atoms with Crippen molar-refractivity contribution in [3.05, 3.63) is 67.1 Å². The minimum Gasteiger partial charge on any atom is -0.472 e. The first kappa shape index (κ1) is 19.2. The first-order valence-corrected chi connectivity index (χ1v) is 8.76. The first-order valence-electron chi connectivity index (χ1n) is 8.76. The van der Waals surface area contributed by atoms with Crippen LogP contribution < -0.4 is 21.5 Å². The molecule has 3 rings (SSSR count). The Hall–Kier alpha value is -3.58. The van der Waals surface area contributed by atoms with Gasteiger partial charge in [-0.05, 0) is 54.4 Å². The lowest BCUT2D eigenvalue weighted by Crippen LogP contribution is -2.37. The van der Waals surface area contributed by atoms with Gasteiger partial charge in [-0.2, -0.15) is 0 Å². The molecule has 2 amide bonds. The second-order valence-electron chi connectivity index (χ2n) is 6.26. The van der Waals surface area contributed by atoms with Crippen LogP contribution in [-0.2, 0) is 9.59 Å². The molecule has 3 aromatic rings. The Morgan fingerprint density at radius 1 is 0.964 bits per heavy atom. The van der Waals surface area contributed by atoms with E-state index in [0.29, 0.717) is 17.2 Å². The number of nitrogens with two attached hydrogens (primary N) is 2. The summed E-state index contributed by atoms with van der Waals surface area (Å²) in [7, 11) is 0. The van der Waals surface area contributed by atoms with Gasteiger partial charge in [0, 0.05) is 17.7 Å². The van der Waals surface area contributed by atoms with Crippen LogP contribution in [0.4, 0.5) is 5.69 Å². The lowest BCUT2D eigenvalue weighted by Gasteiger charge is -2.10. The highest BCUT2D eigenvalue weighted by molar-refractivity contribution is 5.91. The summed E-state index contributed by atoms with van der Waals surface area (Å²) in [4.78, 5) is 22.8. The van der Waals surface area contributed by atoms with E-state index in [1.54, 1.807) is 36.8 Å². The molecule has 28 heavy (non-hydrogen) atoms. The Bertz CT molecular complexity index is 919. The van der Waals surface area contributed by atoms with E-state index in [2.05, 4.69) is 5.32 Å². The maximum absolute atomic E-state index is 11.9. The summed E-state index contributed by atoms with van der Waals surface area (Å²) in [5.74, 6) is 0.488. The molecule has 0 bridgehead atoms. The van der Waals surface area contributed by atoms with E-state index in [1.165, 1.54) is 0 Å². The van der Waals surface area contributed by atoms with Crippen LogP contribution in [0.3, 0.4) is 0 Å². The summed E-state index contributed by atoms with van der Waals surface area (Å²) in [5.41, 5.74) is 13.3. The van der Waals surface area contributed by atoms with Gasteiger partial charge in [-0.1, -0.05) is 12.1 Å². The van der Waals surface area contributed by atoms with Crippen LogP contribution >= 0.6 is 0 Å². The van der Waals surface area contributed by atoms with E-state index in [4.69, 9.17) is 20.6 Å². The molecular weight excluding hydrogens is 358 g/mol. The number of nitrogens with one attached hydrogen (secondary N) is 1. The minimum absolute atomic E-state index is 0.116. The van der Waals surface area contributed by atoms with E-state index < -0.39 is 11.9 Å². The summed E-state index contributed by atoms with van der Waals surface area (Å²) in [6.45, 7) is 0. The molecule has 0 aliphatic rings. The van der Waals surface area contributed by atoms with Crippen molar-refractivity contribution in [3.63, 3.8) is 0 Å². The van der Waals surface area contributed by atoms with E-state index in [9.17, 15) is 9.59 Å². The van der Waals surface area contributed by atoms with Crippen LogP contribution in [0.15, 0.2) is 71.5 Å². The van der Waals surface area contributed by atoms with Crippen molar-refractivity contribution in [2.24, 2.45) is 11.5 Å². The second kappa shape index (κ2) is 8.88. The summed E-state index contributed by atoms with van der Waals surface area (Å²) in [5, 5.41) is 2.74. The van der Waals surface area contributed by atoms with Crippen molar-refractivity contribution < 1.29 is 18.7 Å². The number of furan rings is 1. The van der Waals surface area contributed by atoms with Gasteiger partial charge >= 0.3 is 0 Å². The Kier molecular flexibility index (Phi) is 6.08. The lowest BCUT2D eigenvalue weighted by molar-refractivity contribution is -0.119. The monoisotopic (exact) mass is 379 g/mol. The number of hydrogen-bond donors (Lipinski definition) is 3. The summed E-state index contributed by atoms with van der Waals surface area (Å²) < 4.78 is 10.9. The number of ether oxygens (including phenoxy) is 1. The average Bonchev–Trinajstić information content (AvgIpc) is 3.23. The van der Waals surface area contributed by atoms with Crippen molar-refractivity contribution in [1.29, 1.82) is 0 Å². The molecule has 1 atom stereocenters. The van der Waals surface area contributed by atoms with Gasteiger partial charge < -0.3 is 25.9 Å². The van der Waals surface area contributed by atoms with Crippen LogP contribution in [0.5, 0.6) is 11.5 Å². The molecule has 5 N–H and O–H groups in total. The Morgan fingerprint density at radius 2 is 1.61 bits per heavy atom. The molecule has 1 aromatic heterocycles. The Balaban J connectivity index is 1.53. The SMILES string of the molecule is NC(=O)[C@@H](N)CCC(=O)Nc1ccc(Oc2ccc(-c3ccoc3)cc2)cc1. The molecule has 7 heteroatoms. The maximum atomic E-state index is 11.9. The molecule has 7 nitrogen and oxygen atoms in total. The van der Waals surface area contributed by atoms with E-state index >= 15 is 0 Å². The predicted molar refractivity (Wildman–Crippen MR) is 106 cm³/mol. The zero-order chi connectivity index (χ0) is 19.9. The van der Waals surface area contributed by atoms with Crippen molar-refractivity contribution in [1.82, 2.24) is 0 Å². The van der Waals surface area contributed by atoms with Crippen LogP contribution in [0.1, 0.15) is 12.8 Å². The standard InChI is InChI=1S/C21H21N3O4/c22-19(21(23)26)9-10-20(25)24-16-3-7-18(8-4-16)28-17-5-1-14(2-6-17)15-11-12-27-13-15/h1-8,11-13,19H,9-10,22H2,(H2,23,26)(H,24,25)/t19-/m0/s1. The molecule has 1 heterocycles. The molecule has 144 valence electrons. The van der Waals surface area contributed by atoms with Crippen molar-refractivity contribution in [3.8, 4) is 22.6 Å². The quantitative estimate of drug-likeness (QED) is 0.555. The maximum Gasteiger partial charge on any atom is 0.234 e. The molecule has 0 aliphatic carbocycles. The summed E-state index contributed by atoms with van der Waals surface area (Å²) in [6.07, 6.45) is 3.64. The molecule has 0 radical (unpaired) electrons. The molecular formula is C21H21N3O4. The van der Waals surface area contributed by atoms with Gasteiger partial charge in [-0.3, -0.25) is 9.59 Å². The fourth-order valence-electron chi connectivity index (χ4n) is 2.54. The van der Waals surface area contributed by atoms with E-state index in [0.717, 1.165) is 11.1 Å². The molecule has 0 spiro atoms. The predicted octanol–water partition coefficient (Wildman–Crippen LogP) is 3.27. The van der Waals surface area contributed by atoms with Gasteiger partial charge in [0.2, 0.25) is 11.8 Å². The van der Waals surface area contributed by atoms with Crippen LogP contribution in [-0.4, -0.2) is 17.9 Å². The highest BCUT2D eigenvalue weighted by atomic mass is 16.5. The topological polar surface area (TPSA) is 121 Å². The van der Waals surface area contributed by atoms with Gasteiger partial charge in [-0.25, -0.2) is 0 Å². The largest absolute Gasteiger partial charge is 0.472 e. The Labute approximate surface area is 162 Å². The van der Waals surface area contributed by atoms with Gasteiger partial charge in [0.25, 0.3) is 0 Å². The third kappa shape index (κ3) is 5.21. The molecule has 0 aliphatic heterocycles. The zero-order valence-electron chi connectivity index (χ0n) is 15.1. The molecule has 0 saturated heterocycles. The average molecular weight is 379 g/mol. The number of carbonyl (C=O) groups excluding carboxylic acids is 2. The smallest absolute Gasteiger partial charge is 0.234 e. The van der Waals surface area contributed by atoms with E-state index in [-0.39, 0.29) is 18.7 Å². The van der Waals surface area contributed by atoms with Crippen molar-refractivity contribution in [2.45, 2.75) is 18.9 Å². The number of amides is 2. The fourth-order valence-corrected chi connectivity index (χ4v) is 2.54. The lowest BCUT2D eigenvalue weighted by atomic mass is 10.1. The van der Waals surface area contributed by atoms with Crippen molar-refractivity contribution >= 4 is 17.5 Å². The van der Waals surface area contributed by atoms with E-state index in [1.807, 2.05) is 30.3 Å².